The van der Waals surface area contributed by atoms with Crippen LogP contribution in [0.1, 0.15) is 0 Å². The van der Waals surface area contributed by atoms with Crippen molar-refractivity contribution in [3.63, 3.8) is 0 Å². The maximum Gasteiger partial charge on any atom is 0.238 e. The highest BCUT2D eigenvalue weighted by atomic mass is 32.1. The highest BCUT2D eigenvalue weighted by molar-refractivity contribution is 7.27. The number of para-hydroxylation sites is 3. The van der Waals surface area contributed by atoms with Gasteiger partial charge >= 0.3 is 0 Å². The van der Waals surface area contributed by atoms with E-state index in [1.54, 1.807) is 11.3 Å². The van der Waals surface area contributed by atoms with Crippen LogP contribution in [0, 0.1) is 0 Å². The third-order valence-corrected chi connectivity index (χ3v) is 24.6. The second-order valence-corrected chi connectivity index (χ2v) is 30.3. The van der Waals surface area contributed by atoms with E-state index in [9.17, 15) is 0 Å². The van der Waals surface area contributed by atoms with E-state index in [4.69, 9.17) is 34.3 Å². The monoisotopic (exact) mass is 1430 g/mol. The number of hydrogen-bond donors (Lipinski definition) is 0. The first-order chi connectivity index (χ1) is 53.5. The van der Waals surface area contributed by atoms with Crippen LogP contribution in [0.5, 0.6) is 0 Å². The molecule has 8 heterocycles. The standard InChI is InChI=1S/C51H30N4OS.C45H26N4S2/c1-2-13-31(14-3-1)49-52-50(54-51(53-49)40-22-12-25-45-47(40)39-19-5-8-24-44(39)56-45)33-15-10-16-34(29-33)55-42-23-7-4-17-36(42)41-30-32(27-28-43(41)55)35-20-11-21-38-37-18-6-9-26-46(37)57-48(35)38;1-2-12-27(13-3-1)43-46-44(35-20-11-19-34-32-16-6-9-23-40(32)51-42(34)35)48-45(47-43)49-37-21-7-4-14-30(37)36-26-28(24-25-38(36)49)29-17-10-18-33-31-15-5-8-22-39(31)50-41(29)33/h1-30H;1-26H. The van der Waals surface area contributed by atoms with Crippen LogP contribution < -0.4 is 0 Å². The van der Waals surface area contributed by atoms with Gasteiger partial charge in [0.05, 0.1) is 22.1 Å². The summed E-state index contributed by atoms with van der Waals surface area (Å²) >= 11 is 5.52. The van der Waals surface area contributed by atoms with Crippen LogP contribution in [0.3, 0.4) is 0 Å². The number of hydrogen-bond acceptors (Lipinski definition) is 10. The molecule has 9 nitrogen and oxygen atoms in total. The summed E-state index contributed by atoms with van der Waals surface area (Å²) in [7, 11) is 0. The SMILES string of the molecule is c1ccc(-c2nc(-c3cccc(-n4c5ccccc5c5cc(-c6cccc7c6sc6ccccc67)ccc54)c3)nc(-c3cccc4oc5ccccc5c34)n2)cc1.c1ccc(-c2nc(-c3cccc4c3sc3ccccc34)nc(-n3c4ccccc4c4cc(-c5cccc6c5sc5ccccc56)ccc43)n2)cc1. The average Bonchev–Trinajstić information content (AvgIpc) is 1.58. The van der Waals surface area contributed by atoms with Gasteiger partial charge in [0.1, 0.15) is 11.2 Å². The van der Waals surface area contributed by atoms with Crippen LogP contribution in [0.4, 0.5) is 0 Å². The van der Waals surface area contributed by atoms with E-state index >= 15 is 0 Å². The Labute approximate surface area is 629 Å². The van der Waals surface area contributed by atoms with Gasteiger partial charge < -0.3 is 8.98 Å². The van der Waals surface area contributed by atoms with Crippen molar-refractivity contribution >= 4 is 160 Å². The molecular formula is C96H56N8OS3. The second-order valence-electron chi connectivity index (χ2n) is 27.2. The highest BCUT2D eigenvalue weighted by Gasteiger charge is 2.24. The summed E-state index contributed by atoms with van der Waals surface area (Å²) in [4.78, 5) is 31.0. The van der Waals surface area contributed by atoms with E-state index in [1.165, 1.54) is 93.5 Å². The van der Waals surface area contributed by atoms with Gasteiger partial charge in [-0.1, -0.05) is 255 Å². The number of aromatic nitrogens is 8. The Hall–Kier alpha value is -13.6. The number of nitrogens with zero attached hydrogens (tertiary/aromatic N) is 8. The zero-order chi connectivity index (χ0) is 70.9. The molecule has 0 bridgehead atoms. The first-order valence-corrected chi connectivity index (χ1v) is 38.4. The van der Waals surface area contributed by atoms with Crippen LogP contribution in [0.2, 0.25) is 0 Å². The fourth-order valence-electron chi connectivity index (χ4n) is 16.0. The quantitative estimate of drug-likeness (QED) is 0.142. The van der Waals surface area contributed by atoms with Gasteiger partial charge in [-0.05, 0) is 107 Å². The van der Waals surface area contributed by atoms with Crippen molar-refractivity contribution in [2.45, 2.75) is 0 Å². The van der Waals surface area contributed by atoms with E-state index in [0.717, 1.165) is 88.3 Å². The van der Waals surface area contributed by atoms with Crippen LogP contribution in [0.15, 0.2) is 344 Å². The van der Waals surface area contributed by atoms with Gasteiger partial charge in [-0.2, -0.15) is 9.97 Å². The molecule has 504 valence electrons. The van der Waals surface area contributed by atoms with Gasteiger partial charge in [0.15, 0.2) is 29.1 Å². The average molecular weight is 1430 g/mol. The molecule has 23 rings (SSSR count). The zero-order valence-electron chi connectivity index (χ0n) is 57.5. The Bertz CT molecular complexity index is 7590. The summed E-state index contributed by atoms with van der Waals surface area (Å²) in [6.07, 6.45) is 0. The van der Waals surface area contributed by atoms with Crippen LogP contribution in [-0.4, -0.2) is 39.0 Å². The van der Waals surface area contributed by atoms with Gasteiger partial charge in [-0.15, -0.1) is 34.0 Å². The molecular weight excluding hydrogens is 1380 g/mol. The lowest BCUT2D eigenvalue weighted by Crippen LogP contribution is -2.06. The molecule has 0 spiro atoms. The first kappa shape index (κ1) is 61.8. The molecule has 8 aromatic heterocycles. The molecule has 0 aliphatic rings. The zero-order valence-corrected chi connectivity index (χ0v) is 60.0. The largest absolute Gasteiger partial charge is 0.456 e. The van der Waals surface area contributed by atoms with Gasteiger partial charge in [-0.3, -0.25) is 4.57 Å². The Morgan fingerprint density at radius 3 is 1.19 bits per heavy atom. The lowest BCUT2D eigenvalue weighted by Gasteiger charge is -2.12. The summed E-state index contributed by atoms with van der Waals surface area (Å²) in [5.74, 6) is 3.72. The van der Waals surface area contributed by atoms with Crippen molar-refractivity contribution in [2.75, 3.05) is 0 Å². The lowest BCUT2D eigenvalue weighted by molar-refractivity contribution is 0.669. The molecule has 0 atom stereocenters. The molecule has 15 aromatic carbocycles. The topological polar surface area (TPSA) is 100 Å². The molecule has 0 radical (unpaired) electrons. The summed E-state index contributed by atoms with van der Waals surface area (Å²) < 4.78 is 18.5. The van der Waals surface area contributed by atoms with Crippen LogP contribution >= 0.6 is 34.0 Å². The Morgan fingerprint density at radius 2 is 0.602 bits per heavy atom. The summed E-state index contributed by atoms with van der Waals surface area (Å²) in [6.45, 7) is 0. The third-order valence-electron chi connectivity index (χ3n) is 20.9. The Balaban J connectivity index is 0.000000135. The van der Waals surface area contributed by atoms with E-state index < -0.39 is 0 Å². The van der Waals surface area contributed by atoms with Crippen LogP contribution in [0.25, 0.3) is 217 Å². The third kappa shape index (κ3) is 10.1. The highest BCUT2D eigenvalue weighted by Crippen LogP contribution is 2.47. The molecule has 0 aliphatic carbocycles. The van der Waals surface area contributed by atoms with Crippen molar-refractivity contribution in [1.82, 2.24) is 39.0 Å². The summed E-state index contributed by atoms with van der Waals surface area (Å²) in [5.41, 5.74) is 16.7. The number of thiophene rings is 3. The summed E-state index contributed by atoms with van der Waals surface area (Å²) in [6, 6.07) is 120. The minimum absolute atomic E-state index is 0.597. The van der Waals surface area contributed by atoms with E-state index in [1.807, 2.05) is 102 Å². The molecule has 0 fully saturated rings. The Kier molecular flexibility index (Phi) is 14.3. The minimum atomic E-state index is 0.597. The number of furan rings is 1. The van der Waals surface area contributed by atoms with Crippen molar-refractivity contribution in [3.05, 3.63) is 340 Å². The fraction of sp³-hybridized carbons (Fsp3) is 0. The molecule has 0 saturated carbocycles. The first-order valence-electron chi connectivity index (χ1n) is 36.0. The van der Waals surface area contributed by atoms with Crippen molar-refractivity contribution in [1.29, 1.82) is 0 Å². The maximum absolute atomic E-state index is 6.26. The van der Waals surface area contributed by atoms with Crippen molar-refractivity contribution in [3.8, 4) is 90.8 Å². The van der Waals surface area contributed by atoms with E-state index in [2.05, 4.69) is 270 Å². The molecule has 0 N–H and O–H groups in total. The van der Waals surface area contributed by atoms with Crippen molar-refractivity contribution in [2.24, 2.45) is 0 Å². The molecule has 23 aromatic rings. The number of benzene rings is 15. The van der Waals surface area contributed by atoms with E-state index in [-0.39, 0.29) is 0 Å². The molecule has 0 unspecified atom stereocenters. The predicted molar refractivity (Wildman–Crippen MR) is 452 cm³/mol. The Morgan fingerprint density at radius 1 is 0.222 bits per heavy atom. The van der Waals surface area contributed by atoms with Gasteiger partial charge in [-0.25, -0.2) is 19.9 Å². The van der Waals surface area contributed by atoms with Gasteiger partial charge in [0.2, 0.25) is 5.95 Å². The fourth-order valence-corrected chi connectivity index (χ4v) is 19.7. The maximum atomic E-state index is 6.26. The predicted octanol–water partition coefficient (Wildman–Crippen LogP) is 26.6. The lowest BCUT2D eigenvalue weighted by atomic mass is 10.0. The summed E-state index contributed by atoms with van der Waals surface area (Å²) in [5, 5.41) is 14.5. The number of fused-ring (bicyclic) bond motifs is 18. The molecule has 108 heavy (non-hydrogen) atoms. The molecule has 0 aliphatic heterocycles. The number of rotatable bonds is 9. The van der Waals surface area contributed by atoms with Gasteiger partial charge in [0, 0.05) is 126 Å². The normalized spacial score (nSPS) is 11.9. The second kappa shape index (κ2) is 25.0. The van der Waals surface area contributed by atoms with E-state index in [0.29, 0.717) is 35.1 Å². The minimum Gasteiger partial charge on any atom is -0.456 e. The molecule has 0 saturated heterocycles. The van der Waals surface area contributed by atoms with Crippen molar-refractivity contribution < 1.29 is 4.42 Å². The van der Waals surface area contributed by atoms with Gasteiger partial charge in [0.25, 0.3) is 0 Å². The van der Waals surface area contributed by atoms with Crippen LogP contribution in [-0.2, 0) is 0 Å². The molecule has 0 amide bonds. The smallest absolute Gasteiger partial charge is 0.238 e. The molecule has 12 heteroatoms.